The summed E-state index contributed by atoms with van der Waals surface area (Å²) in [6, 6.07) is 1.12. The summed E-state index contributed by atoms with van der Waals surface area (Å²) in [4.78, 5) is 11.1. The second-order valence-electron chi connectivity index (χ2n) is 5.02. The van der Waals surface area contributed by atoms with Gasteiger partial charge in [-0.05, 0) is 19.9 Å². The van der Waals surface area contributed by atoms with Crippen LogP contribution < -0.4 is 9.47 Å². The van der Waals surface area contributed by atoms with Crippen LogP contribution in [0, 0.1) is 0 Å². The molecule has 0 spiro atoms. The molecule has 0 amide bonds. The van der Waals surface area contributed by atoms with Gasteiger partial charge in [-0.3, -0.25) is 0 Å². The molecule has 0 radical (unpaired) electrons. The Balaban J connectivity index is 2.62. The van der Waals surface area contributed by atoms with Gasteiger partial charge < -0.3 is 14.6 Å². The molecule has 0 fully saturated rings. The van der Waals surface area contributed by atoms with E-state index < -0.39 is 23.8 Å². The minimum atomic E-state index is -4.89. The van der Waals surface area contributed by atoms with Crippen LogP contribution in [-0.4, -0.2) is 29.5 Å². The standard InChI is InChI=1S/C14H11Cl2F3O4/c1-5(2)22-11-8(15)4-9-6(10(11)16)3-7(13(20)21)12(23-9)14(17,18)19/h3-5,12H,1-2H3,(H,20,21). The first-order chi connectivity index (χ1) is 10.5. The lowest BCUT2D eigenvalue weighted by Gasteiger charge is -2.28. The van der Waals surface area contributed by atoms with Gasteiger partial charge in [-0.15, -0.1) is 0 Å². The number of ether oxygens (including phenoxy) is 2. The van der Waals surface area contributed by atoms with Crippen molar-refractivity contribution in [2.45, 2.75) is 32.2 Å². The lowest BCUT2D eigenvalue weighted by atomic mass is 10.0. The van der Waals surface area contributed by atoms with Gasteiger partial charge in [-0.1, -0.05) is 23.2 Å². The molecule has 1 aliphatic rings. The molecular formula is C14H11Cl2F3O4. The highest BCUT2D eigenvalue weighted by atomic mass is 35.5. The van der Waals surface area contributed by atoms with Crippen molar-refractivity contribution in [1.29, 1.82) is 0 Å². The summed E-state index contributed by atoms with van der Waals surface area (Å²) >= 11 is 12.1. The summed E-state index contributed by atoms with van der Waals surface area (Å²) in [5, 5.41) is 8.87. The van der Waals surface area contributed by atoms with Crippen molar-refractivity contribution < 1.29 is 32.5 Å². The van der Waals surface area contributed by atoms with E-state index in [0.717, 1.165) is 12.1 Å². The summed E-state index contributed by atoms with van der Waals surface area (Å²) in [5.74, 6) is -1.96. The molecule has 1 aromatic rings. The van der Waals surface area contributed by atoms with Gasteiger partial charge in [0, 0.05) is 11.6 Å². The molecule has 0 aliphatic carbocycles. The predicted molar refractivity (Wildman–Crippen MR) is 78.3 cm³/mol. The predicted octanol–water partition coefficient (Wildman–Crippen LogP) is 4.57. The number of carbonyl (C=O) groups is 1. The monoisotopic (exact) mass is 370 g/mol. The smallest absolute Gasteiger partial charge is 0.430 e. The molecule has 9 heteroatoms. The van der Waals surface area contributed by atoms with Gasteiger partial charge in [0.1, 0.15) is 5.75 Å². The Kier molecular flexibility index (Phi) is 4.73. The Morgan fingerprint density at radius 1 is 1.39 bits per heavy atom. The maximum Gasteiger partial charge on any atom is 0.430 e. The molecular weight excluding hydrogens is 360 g/mol. The van der Waals surface area contributed by atoms with Crippen LogP contribution in [0.2, 0.25) is 10.0 Å². The van der Waals surface area contributed by atoms with E-state index in [9.17, 15) is 18.0 Å². The van der Waals surface area contributed by atoms with Crippen molar-refractivity contribution in [3.8, 4) is 11.5 Å². The topological polar surface area (TPSA) is 55.8 Å². The molecule has 1 aliphatic heterocycles. The molecule has 23 heavy (non-hydrogen) atoms. The Bertz CT molecular complexity index is 684. The van der Waals surface area contributed by atoms with Crippen LogP contribution in [0.1, 0.15) is 19.4 Å². The number of rotatable bonds is 3. The van der Waals surface area contributed by atoms with Crippen LogP contribution in [0.4, 0.5) is 13.2 Å². The third-order valence-electron chi connectivity index (χ3n) is 2.90. The second kappa shape index (κ2) is 6.13. The average molecular weight is 371 g/mol. The van der Waals surface area contributed by atoms with E-state index in [-0.39, 0.29) is 33.2 Å². The fourth-order valence-corrected chi connectivity index (χ4v) is 2.59. The first-order valence-corrected chi connectivity index (χ1v) is 7.14. The number of halogens is 5. The highest BCUT2D eigenvalue weighted by Gasteiger charge is 2.48. The highest BCUT2D eigenvalue weighted by molar-refractivity contribution is 6.38. The molecule has 1 N–H and O–H groups in total. The number of carboxylic acids is 1. The molecule has 1 atom stereocenters. The van der Waals surface area contributed by atoms with Crippen molar-refractivity contribution in [2.75, 3.05) is 0 Å². The molecule has 1 aromatic carbocycles. The highest BCUT2D eigenvalue weighted by Crippen LogP contribution is 2.46. The van der Waals surface area contributed by atoms with Crippen molar-refractivity contribution in [3.63, 3.8) is 0 Å². The maximum atomic E-state index is 13.0. The maximum absolute atomic E-state index is 13.0. The molecule has 0 saturated heterocycles. The summed E-state index contributed by atoms with van der Waals surface area (Å²) in [6.45, 7) is 3.42. The fourth-order valence-electron chi connectivity index (χ4n) is 2.01. The summed E-state index contributed by atoms with van der Waals surface area (Å²) in [5.41, 5.74) is -0.991. The molecule has 2 rings (SSSR count). The van der Waals surface area contributed by atoms with Crippen molar-refractivity contribution in [3.05, 3.63) is 27.2 Å². The number of alkyl halides is 3. The molecule has 1 heterocycles. The van der Waals surface area contributed by atoms with Crippen molar-refractivity contribution in [1.82, 2.24) is 0 Å². The number of hydrogen-bond donors (Lipinski definition) is 1. The zero-order chi connectivity index (χ0) is 17.5. The third kappa shape index (κ3) is 3.50. The largest absolute Gasteiger partial charge is 0.488 e. The Hall–Kier alpha value is -1.60. The van der Waals surface area contributed by atoms with Crippen LogP contribution in [0.25, 0.3) is 6.08 Å². The number of aliphatic carboxylic acids is 1. The van der Waals surface area contributed by atoms with Gasteiger partial charge in [0.2, 0.25) is 6.10 Å². The van der Waals surface area contributed by atoms with Gasteiger partial charge in [0.15, 0.2) is 5.75 Å². The first-order valence-electron chi connectivity index (χ1n) is 6.39. The average Bonchev–Trinajstić information content (AvgIpc) is 2.40. The SMILES string of the molecule is CC(C)Oc1c(Cl)cc2c(c1Cl)C=C(C(=O)O)C(C(F)(F)F)O2. The quantitative estimate of drug-likeness (QED) is 0.846. The fraction of sp³-hybridized carbons (Fsp3) is 0.357. The van der Waals surface area contributed by atoms with Gasteiger partial charge in [-0.2, -0.15) is 13.2 Å². The molecule has 0 aromatic heterocycles. The molecule has 0 bridgehead atoms. The van der Waals surface area contributed by atoms with Gasteiger partial charge in [0.05, 0.1) is 21.7 Å². The number of benzene rings is 1. The first kappa shape index (κ1) is 17.7. The van der Waals surface area contributed by atoms with Crippen LogP contribution in [-0.2, 0) is 4.79 Å². The Labute approximate surface area is 139 Å². The Morgan fingerprint density at radius 3 is 2.48 bits per heavy atom. The lowest BCUT2D eigenvalue weighted by Crippen LogP contribution is -2.40. The minimum absolute atomic E-state index is 0.0235. The number of carboxylic acid groups (broad SMARTS) is 1. The van der Waals surface area contributed by atoms with Crippen molar-refractivity contribution >= 4 is 35.2 Å². The second-order valence-corrected chi connectivity index (χ2v) is 5.81. The number of fused-ring (bicyclic) bond motifs is 1. The van der Waals surface area contributed by atoms with Gasteiger partial charge in [0.25, 0.3) is 0 Å². The van der Waals surface area contributed by atoms with E-state index in [1.807, 2.05) is 0 Å². The van der Waals surface area contributed by atoms with E-state index in [2.05, 4.69) is 0 Å². The third-order valence-corrected chi connectivity index (χ3v) is 3.56. The van der Waals surface area contributed by atoms with Gasteiger partial charge in [-0.25, -0.2) is 4.79 Å². The number of hydrogen-bond acceptors (Lipinski definition) is 3. The molecule has 1 unspecified atom stereocenters. The summed E-state index contributed by atoms with van der Waals surface area (Å²) in [6.07, 6.45) is -6.96. The van der Waals surface area contributed by atoms with E-state index in [1.165, 1.54) is 0 Å². The molecule has 126 valence electrons. The molecule has 0 saturated carbocycles. The van der Waals surface area contributed by atoms with Crippen LogP contribution in [0.3, 0.4) is 0 Å². The van der Waals surface area contributed by atoms with Crippen LogP contribution >= 0.6 is 23.2 Å². The van der Waals surface area contributed by atoms with Crippen LogP contribution in [0.5, 0.6) is 11.5 Å². The normalized spacial score (nSPS) is 17.4. The summed E-state index contributed by atoms with van der Waals surface area (Å²) in [7, 11) is 0. The van der Waals surface area contributed by atoms with E-state index >= 15 is 0 Å². The van der Waals surface area contributed by atoms with Crippen molar-refractivity contribution in [2.24, 2.45) is 0 Å². The van der Waals surface area contributed by atoms with Crippen LogP contribution in [0.15, 0.2) is 11.6 Å². The lowest BCUT2D eigenvalue weighted by molar-refractivity contribution is -0.187. The van der Waals surface area contributed by atoms with Gasteiger partial charge >= 0.3 is 12.1 Å². The van der Waals surface area contributed by atoms with E-state index in [1.54, 1.807) is 13.8 Å². The zero-order valence-corrected chi connectivity index (χ0v) is 13.4. The summed E-state index contributed by atoms with van der Waals surface area (Å²) < 4.78 is 49.1. The van der Waals surface area contributed by atoms with E-state index in [0.29, 0.717) is 0 Å². The zero-order valence-electron chi connectivity index (χ0n) is 11.9. The minimum Gasteiger partial charge on any atom is -0.488 e. The Morgan fingerprint density at radius 2 is 2.00 bits per heavy atom. The molecule has 4 nitrogen and oxygen atoms in total. The van der Waals surface area contributed by atoms with E-state index in [4.69, 9.17) is 37.8 Å².